The van der Waals surface area contributed by atoms with Gasteiger partial charge in [0, 0.05) is 6.42 Å². The first-order valence-corrected chi connectivity index (χ1v) is 6.62. The molecule has 0 saturated carbocycles. The molecule has 0 heterocycles. The van der Waals surface area contributed by atoms with Crippen molar-refractivity contribution in [2.45, 2.75) is 52.1 Å². The molecule has 0 saturated heterocycles. The fourth-order valence-electron chi connectivity index (χ4n) is 1.84. The highest BCUT2D eigenvalue weighted by Crippen LogP contribution is 2.20. The van der Waals surface area contributed by atoms with Crippen molar-refractivity contribution >= 4 is 0 Å². The number of aliphatic hydroxyl groups excluding tert-OH is 1. The van der Waals surface area contributed by atoms with E-state index in [9.17, 15) is 5.11 Å². The highest BCUT2D eigenvalue weighted by atomic mass is 16.5. The van der Waals surface area contributed by atoms with Crippen molar-refractivity contribution < 1.29 is 9.84 Å². The molecule has 1 unspecified atom stereocenters. The second-order valence-electron chi connectivity index (χ2n) is 4.57. The molecule has 1 rings (SSSR count). The molecule has 2 nitrogen and oxygen atoms in total. The highest BCUT2D eigenvalue weighted by molar-refractivity contribution is 5.33. The minimum atomic E-state index is -0.320. The minimum Gasteiger partial charge on any atom is -0.493 e. The van der Waals surface area contributed by atoms with Crippen LogP contribution in [0.2, 0.25) is 0 Å². The second kappa shape index (κ2) is 8.13. The lowest BCUT2D eigenvalue weighted by atomic mass is 10.1. The molecule has 0 aromatic heterocycles. The molecule has 1 aromatic carbocycles. The molecule has 0 amide bonds. The van der Waals surface area contributed by atoms with E-state index in [1.165, 1.54) is 19.3 Å². The fourth-order valence-corrected chi connectivity index (χ4v) is 1.84. The van der Waals surface area contributed by atoms with Gasteiger partial charge in [-0.25, -0.2) is 0 Å². The fraction of sp³-hybridized carbons (Fsp3) is 0.600. The van der Waals surface area contributed by atoms with Gasteiger partial charge >= 0.3 is 0 Å². The summed E-state index contributed by atoms with van der Waals surface area (Å²) in [6.07, 6.45) is 5.20. The normalized spacial score (nSPS) is 12.4. The summed E-state index contributed by atoms with van der Waals surface area (Å²) in [5.74, 6) is 0.921. The van der Waals surface area contributed by atoms with Crippen LogP contribution >= 0.6 is 0 Å². The number of unbranched alkanes of at least 4 members (excludes halogenated alkanes) is 3. The van der Waals surface area contributed by atoms with Gasteiger partial charge in [0.25, 0.3) is 0 Å². The van der Waals surface area contributed by atoms with E-state index >= 15 is 0 Å². The third-order valence-corrected chi connectivity index (χ3v) is 2.74. The summed E-state index contributed by atoms with van der Waals surface area (Å²) in [5, 5.41) is 9.42. The van der Waals surface area contributed by atoms with Crippen LogP contribution < -0.4 is 4.74 Å². The third-order valence-electron chi connectivity index (χ3n) is 2.74. The van der Waals surface area contributed by atoms with Crippen molar-refractivity contribution in [3.05, 3.63) is 29.8 Å². The molecule has 0 aliphatic carbocycles. The Bertz CT molecular complexity index is 308. The van der Waals surface area contributed by atoms with Gasteiger partial charge in [-0.15, -0.1) is 0 Å². The lowest BCUT2D eigenvalue weighted by Crippen LogP contribution is -2.07. The maximum Gasteiger partial charge on any atom is 0.122 e. The van der Waals surface area contributed by atoms with E-state index in [-0.39, 0.29) is 6.10 Å². The summed E-state index contributed by atoms with van der Waals surface area (Å²) in [4.78, 5) is 0. The smallest absolute Gasteiger partial charge is 0.122 e. The molecule has 0 aliphatic rings. The van der Waals surface area contributed by atoms with E-state index in [1.54, 1.807) is 6.92 Å². The maximum atomic E-state index is 9.42. The first-order valence-electron chi connectivity index (χ1n) is 6.62. The number of hydrogen-bond donors (Lipinski definition) is 1. The molecule has 1 N–H and O–H groups in total. The van der Waals surface area contributed by atoms with E-state index < -0.39 is 0 Å². The maximum absolute atomic E-state index is 9.42. The topological polar surface area (TPSA) is 29.5 Å². The van der Waals surface area contributed by atoms with Crippen molar-refractivity contribution in [2.24, 2.45) is 0 Å². The van der Waals surface area contributed by atoms with Crippen molar-refractivity contribution in [3.63, 3.8) is 0 Å². The van der Waals surface area contributed by atoms with Gasteiger partial charge in [0.15, 0.2) is 0 Å². The third kappa shape index (κ3) is 5.73. The van der Waals surface area contributed by atoms with Gasteiger partial charge in [-0.3, -0.25) is 0 Å². The Morgan fingerprint density at radius 3 is 2.65 bits per heavy atom. The minimum absolute atomic E-state index is 0.320. The Morgan fingerprint density at radius 1 is 1.18 bits per heavy atom. The van der Waals surface area contributed by atoms with Crippen LogP contribution in [-0.2, 0) is 6.42 Å². The number of ether oxygens (including phenoxy) is 1. The van der Waals surface area contributed by atoms with E-state index in [2.05, 4.69) is 6.92 Å². The summed E-state index contributed by atoms with van der Waals surface area (Å²) in [6, 6.07) is 7.97. The van der Waals surface area contributed by atoms with Crippen molar-refractivity contribution in [1.29, 1.82) is 0 Å². The zero-order valence-corrected chi connectivity index (χ0v) is 11.0. The Morgan fingerprint density at radius 2 is 1.94 bits per heavy atom. The molecule has 17 heavy (non-hydrogen) atoms. The lowest BCUT2D eigenvalue weighted by molar-refractivity contribution is 0.193. The molecule has 0 radical (unpaired) electrons. The van der Waals surface area contributed by atoms with E-state index in [1.807, 2.05) is 24.3 Å². The van der Waals surface area contributed by atoms with Gasteiger partial charge < -0.3 is 9.84 Å². The van der Waals surface area contributed by atoms with Gasteiger partial charge in [0.1, 0.15) is 5.75 Å². The molecular weight excluding hydrogens is 212 g/mol. The summed E-state index contributed by atoms with van der Waals surface area (Å²) in [7, 11) is 0. The molecule has 0 bridgehead atoms. The van der Waals surface area contributed by atoms with Crippen LogP contribution in [0.4, 0.5) is 0 Å². The molecule has 96 valence electrons. The summed E-state index contributed by atoms with van der Waals surface area (Å²) < 4.78 is 5.77. The van der Waals surface area contributed by atoms with Crippen LogP contribution in [0.3, 0.4) is 0 Å². The van der Waals surface area contributed by atoms with Crippen molar-refractivity contribution in [2.75, 3.05) is 6.61 Å². The monoisotopic (exact) mass is 236 g/mol. The van der Waals surface area contributed by atoms with Crippen LogP contribution in [-0.4, -0.2) is 17.8 Å². The quantitative estimate of drug-likeness (QED) is 0.699. The Kier molecular flexibility index (Phi) is 6.71. The number of rotatable bonds is 8. The van der Waals surface area contributed by atoms with E-state index in [0.717, 1.165) is 24.3 Å². The average Bonchev–Trinajstić information content (AvgIpc) is 2.30. The number of para-hydroxylation sites is 1. The number of hydrogen-bond acceptors (Lipinski definition) is 2. The molecule has 1 aromatic rings. The van der Waals surface area contributed by atoms with Crippen LogP contribution in [0.5, 0.6) is 5.75 Å². The lowest BCUT2D eigenvalue weighted by Gasteiger charge is -2.12. The first kappa shape index (κ1) is 14.0. The van der Waals surface area contributed by atoms with Crippen LogP contribution in [0, 0.1) is 0 Å². The molecule has 0 aliphatic heterocycles. The van der Waals surface area contributed by atoms with E-state index in [0.29, 0.717) is 6.42 Å². The van der Waals surface area contributed by atoms with Gasteiger partial charge in [0.2, 0.25) is 0 Å². The van der Waals surface area contributed by atoms with E-state index in [4.69, 9.17) is 4.74 Å². The van der Waals surface area contributed by atoms with Crippen molar-refractivity contribution in [3.8, 4) is 5.75 Å². The second-order valence-corrected chi connectivity index (χ2v) is 4.57. The van der Waals surface area contributed by atoms with Gasteiger partial charge in [-0.1, -0.05) is 44.4 Å². The Labute approximate surface area is 105 Å². The number of aliphatic hydroxyl groups is 1. The predicted molar refractivity (Wildman–Crippen MR) is 71.5 cm³/mol. The Hall–Kier alpha value is -1.02. The zero-order chi connectivity index (χ0) is 12.5. The highest BCUT2D eigenvalue weighted by Gasteiger charge is 2.05. The zero-order valence-electron chi connectivity index (χ0n) is 11.0. The molecule has 1 atom stereocenters. The first-order chi connectivity index (χ1) is 8.24. The molecule has 0 fully saturated rings. The average molecular weight is 236 g/mol. The van der Waals surface area contributed by atoms with Crippen LogP contribution in [0.15, 0.2) is 24.3 Å². The SMILES string of the molecule is CCCCCCOc1ccccc1CC(C)O. The van der Waals surface area contributed by atoms with Crippen molar-refractivity contribution in [1.82, 2.24) is 0 Å². The standard InChI is InChI=1S/C15H24O2/c1-3-4-5-8-11-17-15-10-7-6-9-14(15)12-13(2)16/h6-7,9-10,13,16H,3-5,8,11-12H2,1-2H3. The van der Waals surface area contributed by atoms with Gasteiger partial charge in [-0.2, -0.15) is 0 Å². The van der Waals surface area contributed by atoms with Crippen LogP contribution in [0.1, 0.15) is 45.1 Å². The Balaban J connectivity index is 2.40. The number of benzene rings is 1. The van der Waals surface area contributed by atoms with Crippen LogP contribution in [0.25, 0.3) is 0 Å². The molecule has 2 heteroatoms. The molecular formula is C15H24O2. The largest absolute Gasteiger partial charge is 0.493 e. The summed E-state index contributed by atoms with van der Waals surface area (Å²) in [5.41, 5.74) is 1.10. The molecule has 0 spiro atoms. The predicted octanol–water partition coefficient (Wildman–Crippen LogP) is 3.57. The van der Waals surface area contributed by atoms with Gasteiger partial charge in [0.05, 0.1) is 12.7 Å². The summed E-state index contributed by atoms with van der Waals surface area (Å²) in [6.45, 7) is 4.79. The summed E-state index contributed by atoms with van der Waals surface area (Å²) >= 11 is 0. The van der Waals surface area contributed by atoms with Gasteiger partial charge in [-0.05, 0) is 25.0 Å².